The number of hydrogen-bond donors (Lipinski definition) is 2. The Morgan fingerprint density at radius 2 is 2.16 bits per heavy atom. The first-order valence-electron chi connectivity index (χ1n) is 5.47. The fourth-order valence-electron chi connectivity index (χ4n) is 1.30. The molecule has 0 aliphatic carbocycles. The summed E-state index contributed by atoms with van der Waals surface area (Å²) in [6.45, 7) is 2.16. The molecule has 1 aromatic carbocycles. The molecule has 6 nitrogen and oxygen atoms in total. The van der Waals surface area contributed by atoms with Crippen LogP contribution in [0.25, 0.3) is 0 Å². The number of aromatic carboxylic acids is 1. The zero-order valence-electron chi connectivity index (χ0n) is 10.2. The van der Waals surface area contributed by atoms with Gasteiger partial charge in [0.25, 0.3) is 0 Å². The average molecular weight is 291 g/mol. The molecule has 106 valence electrons. The number of halogens is 1. The minimum absolute atomic E-state index is 0.00435. The van der Waals surface area contributed by atoms with Gasteiger partial charge >= 0.3 is 5.97 Å². The number of nitrogens with one attached hydrogen (secondary N) is 1. The van der Waals surface area contributed by atoms with E-state index in [9.17, 15) is 17.6 Å². The summed E-state index contributed by atoms with van der Waals surface area (Å²) < 4.78 is 43.4. The van der Waals surface area contributed by atoms with E-state index in [0.29, 0.717) is 6.61 Å². The van der Waals surface area contributed by atoms with E-state index in [0.717, 1.165) is 18.2 Å². The predicted octanol–water partition coefficient (Wildman–Crippen LogP) is 1.30. The first kappa shape index (κ1) is 15.4. The van der Waals surface area contributed by atoms with Crippen LogP contribution in [0.1, 0.15) is 17.3 Å². The number of hydrogen-bond acceptors (Lipinski definition) is 4. The number of carboxylic acid groups (broad SMARTS) is 1. The van der Waals surface area contributed by atoms with Gasteiger partial charge in [-0.25, -0.2) is 17.6 Å². The average Bonchev–Trinajstić information content (AvgIpc) is 2.31. The van der Waals surface area contributed by atoms with Crippen LogP contribution in [-0.2, 0) is 14.8 Å². The van der Waals surface area contributed by atoms with Crippen molar-refractivity contribution in [3.8, 4) is 0 Å². The van der Waals surface area contributed by atoms with E-state index in [4.69, 9.17) is 9.84 Å². The van der Waals surface area contributed by atoms with Crippen molar-refractivity contribution < 1.29 is 27.4 Å². The predicted molar refractivity (Wildman–Crippen MR) is 67.3 cm³/mol. The van der Waals surface area contributed by atoms with E-state index in [2.05, 4.69) is 4.72 Å². The van der Waals surface area contributed by atoms with Gasteiger partial charge in [-0.3, -0.25) is 4.72 Å². The molecule has 19 heavy (non-hydrogen) atoms. The summed E-state index contributed by atoms with van der Waals surface area (Å²) in [5.74, 6) is -2.65. The highest BCUT2D eigenvalue weighted by molar-refractivity contribution is 7.92. The Hall–Kier alpha value is -1.67. The van der Waals surface area contributed by atoms with Gasteiger partial charge in [0.2, 0.25) is 10.0 Å². The van der Waals surface area contributed by atoms with E-state index in [-0.39, 0.29) is 18.0 Å². The quantitative estimate of drug-likeness (QED) is 0.739. The number of benzene rings is 1. The van der Waals surface area contributed by atoms with Crippen LogP contribution in [0, 0.1) is 5.82 Å². The van der Waals surface area contributed by atoms with Crippen molar-refractivity contribution in [1.29, 1.82) is 0 Å². The molecule has 0 aromatic heterocycles. The van der Waals surface area contributed by atoms with Crippen LogP contribution in [-0.4, -0.2) is 38.5 Å². The monoisotopic (exact) mass is 291 g/mol. The van der Waals surface area contributed by atoms with Crippen LogP contribution in [0.4, 0.5) is 10.1 Å². The van der Waals surface area contributed by atoms with Crippen LogP contribution in [0.3, 0.4) is 0 Å². The molecule has 0 saturated carbocycles. The highest BCUT2D eigenvalue weighted by atomic mass is 32.2. The number of anilines is 1. The molecular formula is C11H14FNO5S. The van der Waals surface area contributed by atoms with E-state index >= 15 is 0 Å². The Kier molecular flexibility index (Phi) is 5.25. The lowest BCUT2D eigenvalue weighted by molar-refractivity contribution is 0.0692. The van der Waals surface area contributed by atoms with Crippen molar-refractivity contribution in [1.82, 2.24) is 0 Å². The zero-order valence-corrected chi connectivity index (χ0v) is 11.0. The SMILES string of the molecule is CCOCCS(=O)(=O)Nc1ccc(F)c(C(=O)O)c1. The van der Waals surface area contributed by atoms with Gasteiger partial charge in [0.15, 0.2) is 0 Å². The lowest BCUT2D eigenvalue weighted by Crippen LogP contribution is -2.20. The summed E-state index contributed by atoms with van der Waals surface area (Å²) in [5, 5.41) is 8.72. The molecule has 0 fully saturated rings. The largest absolute Gasteiger partial charge is 0.478 e. The lowest BCUT2D eigenvalue weighted by Gasteiger charge is -2.09. The summed E-state index contributed by atoms with van der Waals surface area (Å²) in [6, 6.07) is 2.97. The first-order chi connectivity index (χ1) is 8.85. The summed E-state index contributed by atoms with van der Waals surface area (Å²) in [4.78, 5) is 10.7. The van der Waals surface area contributed by atoms with Gasteiger partial charge < -0.3 is 9.84 Å². The molecule has 1 aromatic rings. The molecule has 0 aliphatic rings. The van der Waals surface area contributed by atoms with Crippen molar-refractivity contribution in [3.63, 3.8) is 0 Å². The van der Waals surface area contributed by atoms with Crippen LogP contribution < -0.4 is 4.72 Å². The molecule has 0 bridgehead atoms. The van der Waals surface area contributed by atoms with E-state index in [1.807, 2.05) is 0 Å². The fourth-order valence-corrected chi connectivity index (χ4v) is 2.22. The molecule has 1 rings (SSSR count). The van der Waals surface area contributed by atoms with Gasteiger partial charge in [-0.2, -0.15) is 0 Å². The summed E-state index contributed by atoms with van der Waals surface area (Å²) in [5.41, 5.74) is -0.597. The second-order valence-corrected chi connectivity index (χ2v) is 5.46. The van der Waals surface area contributed by atoms with E-state index in [1.165, 1.54) is 0 Å². The maximum atomic E-state index is 13.1. The highest BCUT2D eigenvalue weighted by Gasteiger charge is 2.14. The van der Waals surface area contributed by atoms with Gasteiger partial charge in [-0.15, -0.1) is 0 Å². The fraction of sp³-hybridized carbons (Fsp3) is 0.364. The zero-order chi connectivity index (χ0) is 14.5. The molecule has 0 amide bonds. The van der Waals surface area contributed by atoms with Crippen LogP contribution in [0.2, 0.25) is 0 Å². The van der Waals surface area contributed by atoms with Gasteiger partial charge in [0, 0.05) is 12.3 Å². The first-order valence-corrected chi connectivity index (χ1v) is 7.12. The van der Waals surface area contributed by atoms with E-state index < -0.39 is 27.4 Å². The number of rotatable bonds is 7. The maximum Gasteiger partial charge on any atom is 0.338 e. The number of carbonyl (C=O) groups is 1. The smallest absolute Gasteiger partial charge is 0.338 e. The molecule has 0 atom stereocenters. The van der Waals surface area contributed by atoms with Crippen molar-refractivity contribution in [2.45, 2.75) is 6.92 Å². The summed E-state index contributed by atoms with van der Waals surface area (Å²) in [6.07, 6.45) is 0. The second kappa shape index (κ2) is 6.48. The van der Waals surface area contributed by atoms with E-state index in [1.54, 1.807) is 6.92 Å². The molecule has 8 heteroatoms. The van der Waals surface area contributed by atoms with Gasteiger partial charge in [0.05, 0.1) is 17.9 Å². The van der Waals surface area contributed by atoms with Crippen molar-refractivity contribution >= 4 is 21.7 Å². The third-order valence-corrected chi connectivity index (χ3v) is 3.42. The number of sulfonamides is 1. The minimum atomic E-state index is -3.65. The molecule has 0 heterocycles. The molecule has 0 aliphatic heterocycles. The Morgan fingerprint density at radius 1 is 1.47 bits per heavy atom. The molecule has 0 radical (unpaired) electrons. The third kappa shape index (κ3) is 4.84. The number of ether oxygens (including phenoxy) is 1. The molecule has 0 unspecified atom stereocenters. The van der Waals surface area contributed by atoms with Crippen LogP contribution >= 0.6 is 0 Å². The Balaban J connectivity index is 2.82. The van der Waals surface area contributed by atoms with Crippen molar-refractivity contribution in [3.05, 3.63) is 29.6 Å². The van der Waals surface area contributed by atoms with Crippen molar-refractivity contribution in [2.24, 2.45) is 0 Å². The Labute approximate surface area is 110 Å². The highest BCUT2D eigenvalue weighted by Crippen LogP contribution is 2.16. The standard InChI is InChI=1S/C11H14FNO5S/c1-2-18-5-6-19(16,17)13-8-3-4-10(12)9(7-8)11(14)15/h3-4,7,13H,2,5-6H2,1H3,(H,14,15). The topological polar surface area (TPSA) is 92.7 Å². The Morgan fingerprint density at radius 3 is 2.74 bits per heavy atom. The Bertz CT molecular complexity index is 558. The summed E-state index contributed by atoms with van der Waals surface area (Å²) in [7, 11) is -3.65. The number of carboxylic acids is 1. The third-order valence-electron chi connectivity index (χ3n) is 2.17. The normalized spacial score (nSPS) is 11.3. The van der Waals surface area contributed by atoms with Gasteiger partial charge in [-0.1, -0.05) is 0 Å². The molecule has 2 N–H and O–H groups in total. The lowest BCUT2D eigenvalue weighted by atomic mass is 10.2. The molecule has 0 saturated heterocycles. The van der Waals surface area contributed by atoms with Gasteiger partial charge in [0.1, 0.15) is 5.82 Å². The van der Waals surface area contributed by atoms with Crippen LogP contribution in [0.15, 0.2) is 18.2 Å². The molecule has 0 spiro atoms. The minimum Gasteiger partial charge on any atom is -0.478 e. The van der Waals surface area contributed by atoms with Gasteiger partial charge in [-0.05, 0) is 25.1 Å². The second-order valence-electron chi connectivity index (χ2n) is 3.62. The maximum absolute atomic E-state index is 13.1. The van der Waals surface area contributed by atoms with Crippen LogP contribution in [0.5, 0.6) is 0 Å². The summed E-state index contributed by atoms with van der Waals surface area (Å²) >= 11 is 0. The molecular weight excluding hydrogens is 277 g/mol. The van der Waals surface area contributed by atoms with Crippen molar-refractivity contribution in [2.75, 3.05) is 23.7 Å².